The molecule has 85 heavy (non-hydrogen) atoms. The molecule has 2 aromatic carbocycles. The van der Waals surface area contributed by atoms with Crippen LogP contribution >= 0.6 is 17.2 Å². The van der Waals surface area contributed by atoms with Crippen LogP contribution in [0.2, 0.25) is 0 Å². The fraction of sp³-hybridized carbons (Fsp3) is 0.846. The molecule has 0 radical (unpaired) electrons. The van der Waals surface area contributed by atoms with Gasteiger partial charge in [-0.05, 0) is 109 Å². The molecule has 2 aromatic rings. The summed E-state index contributed by atoms with van der Waals surface area (Å²) in [6.07, 6.45) is 63.6. The Labute approximate surface area is 535 Å². The summed E-state index contributed by atoms with van der Waals surface area (Å²) in [4.78, 5) is 0. The standard InChI is InChI=1S/C52H108O5P2.C26H38/c1-5-9-13-17-21-25-29-33-37-41-45-49-53-58(54-50-46-42-38-34-30-26-22-18-14-10-6-2)57-59(55-51-47-43-39-35-31-27-23-19-15-11-7-3)56-52-48-44-40-36-32-28-24-20-16-12-8-4;1-19-13-15-23(25(3,4)5)17-21(19)11-9-10-12-22-18-24(26(6,7)8)16-14-20(22)2/h5-52H2,1-4H3;13-18H,9-12H2,1-8H3. The van der Waals surface area contributed by atoms with Crippen molar-refractivity contribution in [1.82, 2.24) is 0 Å². The quantitative estimate of drug-likeness (QED) is 0.0488. The molecule has 0 unspecified atom stereocenters. The van der Waals surface area contributed by atoms with E-state index in [0.717, 1.165) is 25.7 Å². The molecule has 0 aliphatic heterocycles. The van der Waals surface area contributed by atoms with E-state index < -0.39 is 17.2 Å². The SMILES string of the molecule is CCCCCCCCCCCCCOP(OCCCCCCCCCCCCC)OP(OCCCCCCCCCCCCC)OCCCCCCCCCCCCC.Cc1ccc(C(C)(C)C)cc1CCCCc1cc(C(C)(C)C)ccc1C. The van der Waals surface area contributed by atoms with Crippen LogP contribution in [0, 0.1) is 13.8 Å². The molecule has 498 valence electrons. The summed E-state index contributed by atoms with van der Waals surface area (Å²) in [6, 6.07) is 14.0. The van der Waals surface area contributed by atoms with E-state index in [-0.39, 0.29) is 10.8 Å². The third-order valence-electron chi connectivity index (χ3n) is 17.5. The fourth-order valence-corrected chi connectivity index (χ4v) is 13.7. The summed E-state index contributed by atoms with van der Waals surface area (Å²) in [5.41, 5.74) is 9.28. The number of aryl methyl sites for hydroxylation is 4. The zero-order valence-corrected chi connectivity index (χ0v) is 61.0. The molecular weight excluding hydrogens is 1080 g/mol. The lowest BCUT2D eigenvalue weighted by Gasteiger charge is -2.22. The minimum absolute atomic E-state index is 0.229. The van der Waals surface area contributed by atoms with E-state index in [2.05, 4.69) is 119 Å². The number of hydrogen-bond acceptors (Lipinski definition) is 5. The minimum atomic E-state index is -1.48. The highest BCUT2D eigenvalue weighted by Crippen LogP contribution is 2.56. The Bertz CT molecular complexity index is 1540. The van der Waals surface area contributed by atoms with Gasteiger partial charge in [-0.2, -0.15) is 0 Å². The first kappa shape index (κ1) is 82.1. The Morgan fingerprint density at radius 2 is 0.471 bits per heavy atom. The van der Waals surface area contributed by atoms with Crippen molar-refractivity contribution < 1.29 is 22.4 Å². The van der Waals surface area contributed by atoms with Crippen LogP contribution in [0.5, 0.6) is 0 Å². The number of benzene rings is 2. The zero-order valence-electron chi connectivity index (χ0n) is 59.2. The van der Waals surface area contributed by atoms with E-state index in [0.29, 0.717) is 26.4 Å². The average molecular weight is 1230 g/mol. The first-order valence-corrected chi connectivity index (χ1v) is 39.5. The molecule has 0 aromatic heterocycles. The molecule has 0 bridgehead atoms. The molecule has 2 rings (SSSR count). The highest BCUT2D eigenvalue weighted by atomic mass is 31.2. The van der Waals surface area contributed by atoms with Crippen LogP contribution < -0.4 is 0 Å². The molecule has 0 fully saturated rings. The predicted octanol–water partition coefficient (Wildman–Crippen LogP) is 28.2. The number of hydrogen-bond donors (Lipinski definition) is 0. The van der Waals surface area contributed by atoms with Gasteiger partial charge in [0.25, 0.3) is 0 Å². The molecule has 0 heterocycles. The highest BCUT2D eigenvalue weighted by Gasteiger charge is 2.24. The molecule has 7 heteroatoms. The monoisotopic (exact) mass is 1230 g/mol. The molecule has 0 spiro atoms. The minimum Gasteiger partial charge on any atom is -0.312 e. The van der Waals surface area contributed by atoms with Crippen molar-refractivity contribution in [3.8, 4) is 0 Å². The first-order chi connectivity index (χ1) is 41.3. The Morgan fingerprint density at radius 3 is 0.671 bits per heavy atom. The molecule has 0 atom stereocenters. The van der Waals surface area contributed by atoms with E-state index in [4.69, 9.17) is 22.4 Å². The number of rotatable bonds is 59. The lowest BCUT2D eigenvalue weighted by atomic mass is 9.84. The molecule has 0 amide bonds. The van der Waals surface area contributed by atoms with Gasteiger partial charge in [-0.1, -0.05) is 362 Å². The van der Waals surface area contributed by atoms with E-state index in [1.54, 1.807) is 0 Å². The van der Waals surface area contributed by atoms with Crippen LogP contribution in [-0.2, 0) is 46.1 Å². The van der Waals surface area contributed by atoms with Crippen LogP contribution in [0.25, 0.3) is 0 Å². The molecule has 0 aliphatic rings. The Hall–Kier alpha value is -0.900. The van der Waals surface area contributed by atoms with E-state index in [1.165, 1.54) is 316 Å². The Balaban J connectivity index is 0.00000114. The summed E-state index contributed by atoms with van der Waals surface area (Å²) < 4.78 is 31.9. The summed E-state index contributed by atoms with van der Waals surface area (Å²) in [6.45, 7) is 30.3. The Morgan fingerprint density at radius 1 is 0.271 bits per heavy atom. The molecule has 0 aliphatic carbocycles. The third-order valence-corrected chi connectivity index (χ3v) is 20.1. The number of unbranched alkanes of at least 4 members (excludes halogenated alkanes) is 41. The van der Waals surface area contributed by atoms with Crippen LogP contribution in [0.15, 0.2) is 36.4 Å². The van der Waals surface area contributed by atoms with Crippen LogP contribution in [0.4, 0.5) is 0 Å². The van der Waals surface area contributed by atoms with Crippen molar-refractivity contribution in [3.05, 3.63) is 69.8 Å². The van der Waals surface area contributed by atoms with Gasteiger partial charge in [0, 0.05) is 0 Å². The van der Waals surface area contributed by atoms with E-state index in [9.17, 15) is 0 Å². The average Bonchev–Trinajstić information content (AvgIpc) is 3.68. The van der Waals surface area contributed by atoms with Gasteiger partial charge in [0.2, 0.25) is 0 Å². The fourth-order valence-electron chi connectivity index (χ4n) is 11.3. The summed E-state index contributed by atoms with van der Waals surface area (Å²) in [5.74, 6) is 0. The summed E-state index contributed by atoms with van der Waals surface area (Å²) in [7, 11) is -2.96. The first-order valence-electron chi connectivity index (χ1n) is 37.3. The topological polar surface area (TPSA) is 46.2 Å². The van der Waals surface area contributed by atoms with E-state index in [1.807, 2.05) is 0 Å². The van der Waals surface area contributed by atoms with Crippen molar-refractivity contribution >= 4 is 17.2 Å². The summed E-state index contributed by atoms with van der Waals surface area (Å²) in [5, 5.41) is 0. The maximum absolute atomic E-state index is 6.49. The lowest BCUT2D eigenvalue weighted by molar-refractivity contribution is 0.160. The third kappa shape index (κ3) is 50.4. The molecule has 0 saturated heterocycles. The second kappa shape index (κ2) is 58.2. The van der Waals surface area contributed by atoms with Gasteiger partial charge in [-0.3, -0.25) is 0 Å². The van der Waals surface area contributed by atoms with Gasteiger partial charge >= 0.3 is 17.2 Å². The van der Waals surface area contributed by atoms with Crippen molar-refractivity contribution in [2.75, 3.05) is 26.4 Å². The largest absolute Gasteiger partial charge is 0.339 e. The normalized spacial score (nSPS) is 12.1. The van der Waals surface area contributed by atoms with Crippen molar-refractivity contribution in [3.63, 3.8) is 0 Å². The highest BCUT2D eigenvalue weighted by molar-refractivity contribution is 7.55. The molecular formula is C78H146O5P2. The van der Waals surface area contributed by atoms with Gasteiger partial charge in [0.15, 0.2) is 0 Å². The van der Waals surface area contributed by atoms with Gasteiger partial charge in [0.1, 0.15) is 0 Å². The van der Waals surface area contributed by atoms with Crippen molar-refractivity contribution in [1.29, 1.82) is 0 Å². The maximum atomic E-state index is 6.49. The van der Waals surface area contributed by atoms with Crippen molar-refractivity contribution in [2.45, 2.75) is 402 Å². The van der Waals surface area contributed by atoms with Crippen LogP contribution in [-0.4, -0.2) is 26.4 Å². The van der Waals surface area contributed by atoms with Gasteiger partial charge < -0.3 is 18.1 Å². The molecule has 0 saturated carbocycles. The smallest absolute Gasteiger partial charge is 0.312 e. The lowest BCUT2D eigenvalue weighted by Crippen LogP contribution is -2.12. The predicted molar refractivity (Wildman–Crippen MR) is 381 cm³/mol. The van der Waals surface area contributed by atoms with Gasteiger partial charge in [-0.25, -0.2) is 4.31 Å². The second-order valence-electron chi connectivity index (χ2n) is 28.0. The van der Waals surface area contributed by atoms with Crippen LogP contribution in [0.3, 0.4) is 0 Å². The van der Waals surface area contributed by atoms with E-state index >= 15 is 0 Å². The van der Waals surface area contributed by atoms with Crippen LogP contribution in [0.1, 0.15) is 398 Å². The zero-order chi connectivity index (χ0) is 62.2. The maximum Gasteiger partial charge on any atom is 0.339 e. The Kier molecular flexibility index (Phi) is 56.2. The summed E-state index contributed by atoms with van der Waals surface area (Å²) >= 11 is 0. The van der Waals surface area contributed by atoms with Gasteiger partial charge in [-0.15, -0.1) is 0 Å². The molecule has 5 nitrogen and oxygen atoms in total. The molecule has 0 N–H and O–H groups in total. The second-order valence-corrected chi connectivity index (χ2v) is 30.6. The van der Waals surface area contributed by atoms with Gasteiger partial charge in [0.05, 0.1) is 26.4 Å². The van der Waals surface area contributed by atoms with Crippen molar-refractivity contribution in [2.24, 2.45) is 0 Å².